The third kappa shape index (κ3) is 3.05. The van der Waals surface area contributed by atoms with Gasteiger partial charge in [0.05, 0.1) is 6.10 Å². The summed E-state index contributed by atoms with van der Waals surface area (Å²) in [5, 5.41) is 9.43. The van der Waals surface area contributed by atoms with Crippen LogP contribution in [-0.2, 0) is 6.54 Å². The molecule has 0 aliphatic rings. The number of aliphatic hydroxyl groups is 1. The van der Waals surface area contributed by atoms with Crippen LogP contribution in [0.2, 0.25) is 0 Å². The maximum atomic E-state index is 9.43. The lowest BCUT2D eigenvalue weighted by Gasteiger charge is -2.18. The molecular weight excluding hydrogens is 226 g/mol. The second-order valence-corrected chi connectivity index (χ2v) is 4.34. The summed E-state index contributed by atoms with van der Waals surface area (Å²) >= 11 is 0. The summed E-state index contributed by atoms with van der Waals surface area (Å²) in [7, 11) is 1.98. The van der Waals surface area contributed by atoms with Crippen molar-refractivity contribution in [1.82, 2.24) is 9.97 Å². The van der Waals surface area contributed by atoms with Gasteiger partial charge < -0.3 is 10.0 Å². The molecule has 2 aromatic rings. The first-order chi connectivity index (χ1) is 8.66. The lowest BCUT2D eigenvalue weighted by Crippen LogP contribution is -2.17. The molecule has 4 nitrogen and oxygen atoms in total. The van der Waals surface area contributed by atoms with Gasteiger partial charge in [0.25, 0.3) is 0 Å². The first-order valence-corrected chi connectivity index (χ1v) is 5.91. The molecule has 0 aliphatic heterocycles. The molecule has 0 fully saturated rings. The molecule has 2 aromatic heterocycles. The third-order valence-electron chi connectivity index (χ3n) is 2.79. The molecule has 0 amide bonds. The standard InChI is InChI=1S/C14H17N3O/c1-11(18)13-5-6-14(16-9-13)17(2)10-12-4-3-7-15-8-12/h3-9,11,18H,10H2,1-2H3. The Kier molecular flexibility index (Phi) is 3.89. The number of hydrogen-bond acceptors (Lipinski definition) is 4. The largest absolute Gasteiger partial charge is 0.389 e. The Balaban J connectivity index is 2.07. The van der Waals surface area contributed by atoms with E-state index >= 15 is 0 Å². The van der Waals surface area contributed by atoms with Gasteiger partial charge in [-0.25, -0.2) is 4.98 Å². The summed E-state index contributed by atoms with van der Waals surface area (Å²) in [4.78, 5) is 10.5. The average molecular weight is 243 g/mol. The minimum atomic E-state index is -0.477. The molecule has 94 valence electrons. The topological polar surface area (TPSA) is 49.2 Å². The van der Waals surface area contributed by atoms with Crippen molar-refractivity contribution in [3.63, 3.8) is 0 Å². The second-order valence-electron chi connectivity index (χ2n) is 4.34. The summed E-state index contributed by atoms with van der Waals surface area (Å²) in [6.07, 6.45) is 4.84. The van der Waals surface area contributed by atoms with Crippen molar-refractivity contribution in [3.05, 3.63) is 54.0 Å². The number of nitrogens with zero attached hydrogens (tertiary/aromatic N) is 3. The highest BCUT2D eigenvalue weighted by atomic mass is 16.3. The van der Waals surface area contributed by atoms with Gasteiger partial charge in [-0.3, -0.25) is 4.98 Å². The summed E-state index contributed by atoms with van der Waals surface area (Å²) in [6.45, 7) is 2.49. The maximum Gasteiger partial charge on any atom is 0.128 e. The van der Waals surface area contributed by atoms with Gasteiger partial charge >= 0.3 is 0 Å². The van der Waals surface area contributed by atoms with Crippen molar-refractivity contribution in [1.29, 1.82) is 0 Å². The zero-order valence-electron chi connectivity index (χ0n) is 10.6. The molecule has 1 unspecified atom stereocenters. The van der Waals surface area contributed by atoms with Crippen molar-refractivity contribution in [3.8, 4) is 0 Å². The fraction of sp³-hybridized carbons (Fsp3) is 0.286. The van der Waals surface area contributed by atoms with Gasteiger partial charge in [-0.15, -0.1) is 0 Å². The van der Waals surface area contributed by atoms with Crippen LogP contribution >= 0.6 is 0 Å². The van der Waals surface area contributed by atoms with Crippen molar-refractivity contribution in [2.45, 2.75) is 19.6 Å². The average Bonchev–Trinajstić information content (AvgIpc) is 2.40. The van der Waals surface area contributed by atoms with E-state index in [2.05, 4.69) is 9.97 Å². The Bertz CT molecular complexity index is 482. The van der Waals surface area contributed by atoms with E-state index in [0.29, 0.717) is 0 Å². The van der Waals surface area contributed by atoms with Crippen LogP contribution in [0.25, 0.3) is 0 Å². The van der Waals surface area contributed by atoms with Crippen molar-refractivity contribution in [2.75, 3.05) is 11.9 Å². The fourth-order valence-electron chi connectivity index (χ4n) is 1.72. The van der Waals surface area contributed by atoms with E-state index in [0.717, 1.165) is 23.5 Å². The van der Waals surface area contributed by atoms with Crippen molar-refractivity contribution in [2.24, 2.45) is 0 Å². The molecule has 2 rings (SSSR count). The van der Waals surface area contributed by atoms with Gasteiger partial charge in [-0.1, -0.05) is 12.1 Å². The minimum Gasteiger partial charge on any atom is -0.389 e. The number of aromatic nitrogens is 2. The predicted octanol–water partition coefficient (Wildman–Crippen LogP) is 2.17. The Morgan fingerprint density at radius 1 is 1.28 bits per heavy atom. The fourth-order valence-corrected chi connectivity index (χ4v) is 1.72. The van der Waals surface area contributed by atoms with Crippen LogP contribution in [0, 0.1) is 0 Å². The number of anilines is 1. The third-order valence-corrected chi connectivity index (χ3v) is 2.79. The van der Waals surface area contributed by atoms with Crippen molar-refractivity contribution >= 4 is 5.82 Å². The molecule has 0 spiro atoms. The normalized spacial score (nSPS) is 12.2. The molecule has 0 saturated carbocycles. The second kappa shape index (κ2) is 5.60. The van der Waals surface area contributed by atoms with E-state index < -0.39 is 6.10 Å². The summed E-state index contributed by atoms with van der Waals surface area (Å²) in [6, 6.07) is 7.77. The van der Waals surface area contributed by atoms with E-state index in [1.807, 2.05) is 42.4 Å². The predicted molar refractivity (Wildman–Crippen MR) is 71.2 cm³/mol. The van der Waals surface area contributed by atoms with Crippen LogP contribution in [0.5, 0.6) is 0 Å². The molecule has 0 saturated heterocycles. The zero-order chi connectivity index (χ0) is 13.0. The van der Waals surface area contributed by atoms with Gasteiger partial charge in [0.2, 0.25) is 0 Å². The highest BCUT2D eigenvalue weighted by Gasteiger charge is 2.05. The van der Waals surface area contributed by atoms with Crippen LogP contribution in [0.4, 0.5) is 5.82 Å². The van der Waals surface area contributed by atoms with Gasteiger partial charge in [-0.05, 0) is 30.2 Å². The number of rotatable bonds is 4. The summed E-state index contributed by atoms with van der Waals surface area (Å²) in [5.74, 6) is 0.878. The van der Waals surface area contributed by atoms with Crippen molar-refractivity contribution < 1.29 is 5.11 Å². The quantitative estimate of drug-likeness (QED) is 0.894. The number of pyridine rings is 2. The Morgan fingerprint density at radius 3 is 2.67 bits per heavy atom. The lowest BCUT2D eigenvalue weighted by atomic mass is 10.2. The molecule has 1 N–H and O–H groups in total. The lowest BCUT2D eigenvalue weighted by molar-refractivity contribution is 0.199. The summed E-state index contributed by atoms with van der Waals surface area (Å²) in [5.41, 5.74) is 1.97. The van der Waals surface area contributed by atoms with E-state index in [4.69, 9.17) is 0 Å². The first-order valence-electron chi connectivity index (χ1n) is 5.91. The monoisotopic (exact) mass is 243 g/mol. The van der Waals surface area contributed by atoms with Gasteiger partial charge in [0.15, 0.2) is 0 Å². The van der Waals surface area contributed by atoms with E-state index in [-0.39, 0.29) is 0 Å². The number of aliphatic hydroxyl groups excluding tert-OH is 1. The Morgan fingerprint density at radius 2 is 2.11 bits per heavy atom. The van der Waals surface area contributed by atoms with Gasteiger partial charge in [0, 0.05) is 32.2 Å². The van der Waals surface area contributed by atoms with Gasteiger partial charge in [-0.2, -0.15) is 0 Å². The molecule has 0 aromatic carbocycles. The SMILES string of the molecule is CC(O)c1ccc(N(C)Cc2cccnc2)nc1. The highest BCUT2D eigenvalue weighted by molar-refractivity contribution is 5.39. The molecule has 4 heteroatoms. The van der Waals surface area contributed by atoms with Crippen LogP contribution in [-0.4, -0.2) is 22.1 Å². The first kappa shape index (κ1) is 12.5. The van der Waals surface area contributed by atoms with E-state index in [1.54, 1.807) is 19.3 Å². The zero-order valence-corrected chi connectivity index (χ0v) is 10.6. The molecular formula is C14H17N3O. The van der Waals surface area contributed by atoms with Crippen LogP contribution < -0.4 is 4.90 Å². The van der Waals surface area contributed by atoms with Crippen LogP contribution in [0.15, 0.2) is 42.9 Å². The Labute approximate surface area is 107 Å². The van der Waals surface area contributed by atoms with E-state index in [9.17, 15) is 5.11 Å². The molecule has 0 aliphatic carbocycles. The molecule has 18 heavy (non-hydrogen) atoms. The number of hydrogen-bond donors (Lipinski definition) is 1. The molecule has 0 radical (unpaired) electrons. The Hall–Kier alpha value is -1.94. The highest BCUT2D eigenvalue weighted by Crippen LogP contribution is 2.16. The molecule has 1 atom stereocenters. The summed E-state index contributed by atoms with van der Waals surface area (Å²) < 4.78 is 0. The molecule has 0 bridgehead atoms. The van der Waals surface area contributed by atoms with Crippen LogP contribution in [0.3, 0.4) is 0 Å². The minimum absolute atomic E-state index is 0.477. The van der Waals surface area contributed by atoms with Gasteiger partial charge in [0.1, 0.15) is 5.82 Å². The maximum absolute atomic E-state index is 9.43. The van der Waals surface area contributed by atoms with E-state index in [1.165, 1.54) is 0 Å². The van der Waals surface area contributed by atoms with Crippen LogP contribution in [0.1, 0.15) is 24.2 Å². The smallest absolute Gasteiger partial charge is 0.128 e. The molecule has 2 heterocycles.